The van der Waals surface area contributed by atoms with Crippen molar-refractivity contribution in [3.8, 4) is 5.75 Å². The predicted molar refractivity (Wildman–Crippen MR) is 96.6 cm³/mol. The van der Waals surface area contributed by atoms with Crippen molar-refractivity contribution in [1.29, 1.82) is 0 Å². The van der Waals surface area contributed by atoms with Crippen LogP contribution in [0.15, 0.2) is 42.5 Å². The first-order valence-electron chi connectivity index (χ1n) is 7.28. The summed E-state index contributed by atoms with van der Waals surface area (Å²) in [5.41, 5.74) is 0.755. The van der Waals surface area contributed by atoms with Crippen LogP contribution < -0.4 is 15.4 Å². The van der Waals surface area contributed by atoms with Gasteiger partial charge in [-0.05, 0) is 24.3 Å². The monoisotopic (exact) mass is 383 g/mol. The highest BCUT2D eigenvalue weighted by Crippen LogP contribution is 2.26. The molecule has 2 rings (SSSR count). The first-order chi connectivity index (χ1) is 12.0. The van der Waals surface area contributed by atoms with Gasteiger partial charge in [-0.3, -0.25) is 14.9 Å². The summed E-state index contributed by atoms with van der Waals surface area (Å²) in [4.78, 5) is 21.8. The van der Waals surface area contributed by atoms with E-state index >= 15 is 0 Å². The molecule has 0 radical (unpaired) electrons. The van der Waals surface area contributed by atoms with E-state index in [1.54, 1.807) is 24.3 Å². The van der Waals surface area contributed by atoms with Crippen LogP contribution in [0.25, 0.3) is 0 Å². The van der Waals surface area contributed by atoms with Gasteiger partial charge in [-0.15, -0.1) is 0 Å². The first-order valence-corrected chi connectivity index (χ1v) is 8.04. The quantitative estimate of drug-likeness (QED) is 0.413. The number of hydrogen-bond acceptors (Lipinski definition) is 5. The van der Waals surface area contributed by atoms with Crippen molar-refractivity contribution in [2.75, 3.05) is 25.0 Å². The second-order valence-electron chi connectivity index (χ2n) is 4.95. The number of nitro benzene ring substituents is 1. The Balaban J connectivity index is 1.66. The Labute approximate surface area is 154 Å². The van der Waals surface area contributed by atoms with E-state index in [-0.39, 0.29) is 18.2 Å². The van der Waals surface area contributed by atoms with E-state index in [4.69, 9.17) is 27.9 Å². The number of ether oxygens (including phenoxy) is 1. The van der Waals surface area contributed by atoms with Gasteiger partial charge < -0.3 is 15.4 Å². The van der Waals surface area contributed by atoms with E-state index in [0.717, 1.165) is 5.69 Å². The smallest absolute Gasteiger partial charge is 0.269 e. The summed E-state index contributed by atoms with van der Waals surface area (Å²) in [6.07, 6.45) is 0. The highest BCUT2D eigenvalue weighted by Gasteiger charge is 2.05. The molecule has 0 saturated carbocycles. The second-order valence-corrected chi connectivity index (χ2v) is 5.76. The lowest BCUT2D eigenvalue weighted by Gasteiger charge is -2.09. The summed E-state index contributed by atoms with van der Waals surface area (Å²) in [5, 5.41) is 17.1. The Morgan fingerprint density at radius 2 is 1.80 bits per heavy atom. The molecule has 0 aliphatic carbocycles. The Morgan fingerprint density at radius 3 is 2.44 bits per heavy atom. The first kappa shape index (κ1) is 18.8. The van der Waals surface area contributed by atoms with Gasteiger partial charge in [0.1, 0.15) is 5.75 Å². The average Bonchev–Trinajstić information content (AvgIpc) is 2.60. The molecular formula is C16H15Cl2N3O4. The van der Waals surface area contributed by atoms with Crippen molar-refractivity contribution in [3.05, 3.63) is 62.6 Å². The van der Waals surface area contributed by atoms with Gasteiger partial charge in [0.2, 0.25) is 0 Å². The number of hydrogen-bond donors (Lipinski definition) is 2. The van der Waals surface area contributed by atoms with Gasteiger partial charge in [-0.1, -0.05) is 23.2 Å². The number of amides is 1. The molecular weight excluding hydrogens is 369 g/mol. The van der Waals surface area contributed by atoms with E-state index in [1.807, 2.05) is 0 Å². The van der Waals surface area contributed by atoms with Gasteiger partial charge in [0.05, 0.1) is 15.0 Å². The van der Waals surface area contributed by atoms with Gasteiger partial charge in [-0.25, -0.2) is 0 Å². The lowest BCUT2D eigenvalue weighted by Crippen LogP contribution is -2.32. The molecule has 0 aliphatic heterocycles. The van der Waals surface area contributed by atoms with E-state index < -0.39 is 4.92 Å². The van der Waals surface area contributed by atoms with Crippen LogP contribution in [0.1, 0.15) is 0 Å². The average molecular weight is 384 g/mol. The molecule has 0 aliphatic rings. The number of nitro groups is 1. The van der Waals surface area contributed by atoms with Crippen LogP contribution in [0.5, 0.6) is 5.75 Å². The third-order valence-electron chi connectivity index (χ3n) is 3.12. The normalized spacial score (nSPS) is 10.2. The molecule has 7 nitrogen and oxygen atoms in total. The van der Waals surface area contributed by atoms with Crippen molar-refractivity contribution >= 4 is 40.5 Å². The topological polar surface area (TPSA) is 93.5 Å². The minimum atomic E-state index is -0.460. The predicted octanol–water partition coefficient (Wildman–Crippen LogP) is 3.51. The molecule has 0 unspecified atom stereocenters. The largest absolute Gasteiger partial charge is 0.484 e. The maximum Gasteiger partial charge on any atom is 0.269 e. The fourth-order valence-corrected chi connectivity index (χ4v) is 2.16. The van der Waals surface area contributed by atoms with Crippen LogP contribution in [-0.2, 0) is 4.79 Å². The zero-order valence-corrected chi connectivity index (χ0v) is 14.5. The van der Waals surface area contributed by atoms with Crippen LogP contribution in [0, 0.1) is 10.1 Å². The molecule has 132 valence electrons. The molecule has 2 aromatic rings. The zero-order chi connectivity index (χ0) is 18.2. The third-order valence-corrected chi connectivity index (χ3v) is 3.85. The van der Waals surface area contributed by atoms with Gasteiger partial charge in [0.15, 0.2) is 6.61 Å². The van der Waals surface area contributed by atoms with Crippen molar-refractivity contribution in [1.82, 2.24) is 5.32 Å². The molecule has 0 spiro atoms. The number of carbonyl (C=O) groups excluding carboxylic acids is 1. The minimum absolute atomic E-state index is 0.0262. The summed E-state index contributed by atoms with van der Waals surface area (Å²) in [5.74, 6) is 0.171. The SMILES string of the molecule is O=C(COc1ccc(Cl)c(Cl)c1)NCCNc1ccc([N+](=O)[O-])cc1. The number of halogens is 2. The number of nitrogens with zero attached hydrogens (tertiary/aromatic N) is 1. The van der Waals surface area contributed by atoms with Crippen LogP contribution in [0.3, 0.4) is 0 Å². The standard InChI is InChI=1S/C16H15Cl2N3O4/c17-14-6-5-13(9-15(14)18)25-10-16(22)20-8-7-19-11-1-3-12(4-2-11)21(23)24/h1-6,9,19H,7-8,10H2,(H,20,22). The molecule has 25 heavy (non-hydrogen) atoms. The Hall–Kier alpha value is -2.51. The molecule has 0 aromatic heterocycles. The fraction of sp³-hybridized carbons (Fsp3) is 0.188. The zero-order valence-electron chi connectivity index (χ0n) is 13.0. The third kappa shape index (κ3) is 6.13. The van der Waals surface area contributed by atoms with Crippen LogP contribution in [-0.4, -0.2) is 30.5 Å². The maximum absolute atomic E-state index is 11.7. The second kappa shape index (κ2) is 9.10. The highest BCUT2D eigenvalue weighted by atomic mass is 35.5. The summed E-state index contributed by atoms with van der Waals surface area (Å²) in [6, 6.07) is 10.8. The van der Waals surface area contributed by atoms with E-state index in [1.165, 1.54) is 18.2 Å². The van der Waals surface area contributed by atoms with Crippen molar-refractivity contribution in [2.24, 2.45) is 0 Å². The number of non-ortho nitro benzene ring substituents is 1. The maximum atomic E-state index is 11.7. The summed E-state index contributed by atoms with van der Waals surface area (Å²) in [6.45, 7) is 0.701. The molecule has 9 heteroatoms. The molecule has 0 bridgehead atoms. The minimum Gasteiger partial charge on any atom is -0.484 e. The Kier molecular flexibility index (Phi) is 6.85. The molecule has 1 amide bonds. The van der Waals surface area contributed by atoms with Crippen LogP contribution >= 0.6 is 23.2 Å². The molecule has 2 aromatic carbocycles. The highest BCUT2D eigenvalue weighted by molar-refractivity contribution is 6.42. The van der Waals surface area contributed by atoms with Crippen molar-refractivity contribution in [2.45, 2.75) is 0 Å². The van der Waals surface area contributed by atoms with Crippen LogP contribution in [0.4, 0.5) is 11.4 Å². The molecule has 2 N–H and O–H groups in total. The number of nitrogens with one attached hydrogen (secondary N) is 2. The van der Waals surface area contributed by atoms with E-state index in [0.29, 0.717) is 28.9 Å². The summed E-state index contributed by atoms with van der Waals surface area (Å²) in [7, 11) is 0. The number of anilines is 1. The van der Waals surface area contributed by atoms with E-state index in [2.05, 4.69) is 10.6 Å². The molecule has 0 fully saturated rings. The van der Waals surface area contributed by atoms with Crippen molar-refractivity contribution < 1.29 is 14.5 Å². The van der Waals surface area contributed by atoms with E-state index in [9.17, 15) is 14.9 Å². The fourth-order valence-electron chi connectivity index (χ4n) is 1.88. The summed E-state index contributed by atoms with van der Waals surface area (Å²) < 4.78 is 5.32. The Morgan fingerprint density at radius 1 is 1.08 bits per heavy atom. The van der Waals surface area contributed by atoms with Crippen molar-refractivity contribution in [3.63, 3.8) is 0 Å². The molecule has 0 atom stereocenters. The Bertz CT molecular complexity index is 754. The molecule has 0 heterocycles. The van der Waals surface area contributed by atoms with Gasteiger partial charge in [0.25, 0.3) is 11.6 Å². The number of benzene rings is 2. The molecule has 0 saturated heterocycles. The summed E-state index contributed by atoms with van der Waals surface area (Å²) >= 11 is 11.7. The van der Waals surface area contributed by atoms with Crippen LogP contribution in [0.2, 0.25) is 10.0 Å². The van der Waals surface area contributed by atoms with Gasteiger partial charge >= 0.3 is 0 Å². The lowest BCUT2D eigenvalue weighted by atomic mass is 10.3. The number of rotatable bonds is 8. The van der Waals surface area contributed by atoms with Gasteiger partial charge in [0, 0.05) is 37.0 Å². The van der Waals surface area contributed by atoms with Gasteiger partial charge in [-0.2, -0.15) is 0 Å². The lowest BCUT2D eigenvalue weighted by molar-refractivity contribution is -0.384. The number of carbonyl (C=O) groups is 1.